The first kappa shape index (κ1) is 11.4. The summed E-state index contributed by atoms with van der Waals surface area (Å²) in [6.45, 7) is 4.93. The van der Waals surface area contributed by atoms with Gasteiger partial charge in [0, 0.05) is 25.5 Å². The van der Waals surface area contributed by atoms with Gasteiger partial charge < -0.3 is 9.88 Å². The Morgan fingerprint density at radius 1 is 1.47 bits per heavy atom. The van der Waals surface area contributed by atoms with Crippen LogP contribution in [0, 0.1) is 5.82 Å². The minimum Gasteiger partial charge on any atom is -0.352 e. The molecule has 0 aliphatic rings. The zero-order valence-corrected chi connectivity index (χ0v) is 9.44. The van der Waals surface area contributed by atoms with Gasteiger partial charge in [-0.1, -0.05) is 18.2 Å². The lowest BCUT2D eigenvalue weighted by molar-refractivity contribution is 0.626. The number of anilines is 1. The zero-order chi connectivity index (χ0) is 12.1. The molecule has 0 aliphatic heterocycles. The van der Waals surface area contributed by atoms with E-state index in [0.717, 1.165) is 11.5 Å². The molecule has 0 aliphatic carbocycles. The predicted octanol–water partition coefficient (Wildman–Crippen LogP) is 2.82. The molecule has 0 saturated heterocycles. The second-order valence-electron chi connectivity index (χ2n) is 3.68. The van der Waals surface area contributed by atoms with Crippen LogP contribution in [0.2, 0.25) is 0 Å². The standard InChI is InChI=1S/C13H14FN3/c1-2-7-17-8-6-15-13(17)16-10-11-4-3-5-12(14)9-11/h2-6,8-9H,1,7,10H2,(H,15,16). The van der Waals surface area contributed by atoms with Gasteiger partial charge in [-0.25, -0.2) is 9.37 Å². The maximum atomic E-state index is 13.0. The molecule has 3 nitrogen and oxygen atoms in total. The summed E-state index contributed by atoms with van der Waals surface area (Å²) >= 11 is 0. The van der Waals surface area contributed by atoms with E-state index < -0.39 is 0 Å². The molecule has 0 atom stereocenters. The van der Waals surface area contributed by atoms with Crippen molar-refractivity contribution in [2.75, 3.05) is 5.32 Å². The quantitative estimate of drug-likeness (QED) is 0.802. The number of rotatable bonds is 5. The maximum Gasteiger partial charge on any atom is 0.203 e. The molecule has 88 valence electrons. The molecule has 0 spiro atoms. The summed E-state index contributed by atoms with van der Waals surface area (Å²) in [4.78, 5) is 4.18. The third-order valence-corrected chi connectivity index (χ3v) is 2.38. The minimum atomic E-state index is -0.223. The normalized spacial score (nSPS) is 10.2. The van der Waals surface area contributed by atoms with Gasteiger partial charge >= 0.3 is 0 Å². The summed E-state index contributed by atoms with van der Waals surface area (Å²) in [5, 5.41) is 3.16. The molecule has 2 rings (SSSR count). The van der Waals surface area contributed by atoms with Crippen LogP contribution in [0.1, 0.15) is 5.56 Å². The molecule has 0 saturated carbocycles. The summed E-state index contributed by atoms with van der Waals surface area (Å²) in [6.07, 6.45) is 5.39. The lowest BCUT2D eigenvalue weighted by atomic mass is 10.2. The van der Waals surface area contributed by atoms with E-state index in [0.29, 0.717) is 13.1 Å². The smallest absolute Gasteiger partial charge is 0.203 e. The van der Waals surface area contributed by atoms with E-state index >= 15 is 0 Å². The maximum absolute atomic E-state index is 13.0. The molecule has 0 fully saturated rings. The van der Waals surface area contributed by atoms with Crippen LogP contribution in [-0.4, -0.2) is 9.55 Å². The van der Waals surface area contributed by atoms with E-state index in [2.05, 4.69) is 16.9 Å². The van der Waals surface area contributed by atoms with Crippen molar-refractivity contribution in [2.24, 2.45) is 0 Å². The van der Waals surface area contributed by atoms with Crippen molar-refractivity contribution in [1.82, 2.24) is 9.55 Å². The van der Waals surface area contributed by atoms with Crippen LogP contribution >= 0.6 is 0 Å². The van der Waals surface area contributed by atoms with Crippen LogP contribution in [0.5, 0.6) is 0 Å². The Kier molecular flexibility index (Phi) is 3.55. The molecule has 1 heterocycles. The van der Waals surface area contributed by atoms with Gasteiger partial charge in [-0.2, -0.15) is 0 Å². The molecular formula is C13H14FN3. The summed E-state index contributed by atoms with van der Waals surface area (Å²) in [5.41, 5.74) is 0.887. The molecule has 17 heavy (non-hydrogen) atoms. The highest BCUT2D eigenvalue weighted by Gasteiger charge is 2.01. The molecule has 0 radical (unpaired) electrons. The number of allylic oxidation sites excluding steroid dienone is 1. The average Bonchev–Trinajstić information content (AvgIpc) is 2.75. The number of nitrogens with one attached hydrogen (secondary N) is 1. The van der Waals surface area contributed by atoms with Crippen molar-refractivity contribution in [3.8, 4) is 0 Å². The first-order valence-corrected chi connectivity index (χ1v) is 5.40. The highest BCUT2D eigenvalue weighted by molar-refractivity contribution is 5.29. The van der Waals surface area contributed by atoms with E-state index in [9.17, 15) is 4.39 Å². The van der Waals surface area contributed by atoms with Crippen molar-refractivity contribution in [3.05, 3.63) is 60.7 Å². The molecule has 0 unspecified atom stereocenters. The zero-order valence-electron chi connectivity index (χ0n) is 9.44. The van der Waals surface area contributed by atoms with Gasteiger partial charge in [0.15, 0.2) is 0 Å². The van der Waals surface area contributed by atoms with E-state index in [1.165, 1.54) is 12.1 Å². The molecule has 2 aromatic rings. The minimum absolute atomic E-state index is 0.223. The molecule has 0 bridgehead atoms. The van der Waals surface area contributed by atoms with E-state index in [-0.39, 0.29) is 5.82 Å². The van der Waals surface area contributed by atoms with Gasteiger partial charge in [0.1, 0.15) is 5.82 Å². The number of halogens is 1. The van der Waals surface area contributed by atoms with Crippen LogP contribution in [0.3, 0.4) is 0 Å². The monoisotopic (exact) mass is 231 g/mol. The number of nitrogens with zero attached hydrogens (tertiary/aromatic N) is 2. The Morgan fingerprint density at radius 2 is 2.35 bits per heavy atom. The third kappa shape index (κ3) is 2.93. The Hall–Kier alpha value is -2.10. The van der Waals surface area contributed by atoms with Crippen molar-refractivity contribution in [2.45, 2.75) is 13.1 Å². The van der Waals surface area contributed by atoms with Gasteiger partial charge in [0.2, 0.25) is 5.95 Å². The molecule has 1 N–H and O–H groups in total. The largest absolute Gasteiger partial charge is 0.352 e. The van der Waals surface area contributed by atoms with E-state index in [4.69, 9.17) is 0 Å². The average molecular weight is 231 g/mol. The van der Waals surface area contributed by atoms with Crippen LogP contribution in [-0.2, 0) is 13.1 Å². The van der Waals surface area contributed by atoms with Gasteiger partial charge in [0.25, 0.3) is 0 Å². The number of imidazole rings is 1. The molecule has 1 aromatic heterocycles. The van der Waals surface area contributed by atoms with Gasteiger partial charge in [-0.15, -0.1) is 6.58 Å². The number of hydrogen-bond acceptors (Lipinski definition) is 2. The highest BCUT2D eigenvalue weighted by Crippen LogP contribution is 2.08. The lowest BCUT2D eigenvalue weighted by Gasteiger charge is -2.08. The molecule has 4 heteroatoms. The van der Waals surface area contributed by atoms with Crippen molar-refractivity contribution in [1.29, 1.82) is 0 Å². The van der Waals surface area contributed by atoms with Gasteiger partial charge in [-0.05, 0) is 17.7 Å². The highest BCUT2D eigenvalue weighted by atomic mass is 19.1. The summed E-state index contributed by atoms with van der Waals surface area (Å²) in [7, 11) is 0. The Bertz CT molecular complexity index is 505. The van der Waals surface area contributed by atoms with Gasteiger partial charge in [0.05, 0.1) is 0 Å². The van der Waals surface area contributed by atoms with Crippen molar-refractivity contribution < 1.29 is 4.39 Å². The summed E-state index contributed by atoms with van der Waals surface area (Å²) < 4.78 is 14.9. The van der Waals surface area contributed by atoms with Crippen molar-refractivity contribution >= 4 is 5.95 Å². The number of benzene rings is 1. The summed E-state index contributed by atoms with van der Waals surface area (Å²) in [6, 6.07) is 6.51. The predicted molar refractivity (Wildman–Crippen MR) is 66.2 cm³/mol. The van der Waals surface area contributed by atoms with Crippen LogP contribution in [0.25, 0.3) is 0 Å². The SMILES string of the molecule is C=CCn1ccnc1NCc1cccc(F)c1. The Morgan fingerprint density at radius 3 is 3.12 bits per heavy atom. The van der Waals surface area contributed by atoms with Crippen LogP contribution in [0.4, 0.5) is 10.3 Å². The fourth-order valence-corrected chi connectivity index (χ4v) is 1.59. The molecule has 1 aromatic carbocycles. The first-order valence-electron chi connectivity index (χ1n) is 5.40. The molecule has 0 amide bonds. The lowest BCUT2D eigenvalue weighted by Crippen LogP contribution is -2.06. The fraction of sp³-hybridized carbons (Fsp3) is 0.154. The van der Waals surface area contributed by atoms with Crippen LogP contribution < -0.4 is 5.32 Å². The Labute approximate surface area is 99.6 Å². The third-order valence-electron chi connectivity index (χ3n) is 2.38. The fourth-order valence-electron chi connectivity index (χ4n) is 1.59. The topological polar surface area (TPSA) is 29.9 Å². The summed E-state index contributed by atoms with van der Waals surface area (Å²) in [5.74, 6) is 0.535. The van der Waals surface area contributed by atoms with E-state index in [1.807, 2.05) is 16.8 Å². The number of hydrogen-bond donors (Lipinski definition) is 1. The van der Waals surface area contributed by atoms with Crippen LogP contribution in [0.15, 0.2) is 49.3 Å². The van der Waals surface area contributed by atoms with E-state index in [1.54, 1.807) is 18.3 Å². The second kappa shape index (κ2) is 5.30. The first-order chi connectivity index (χ1) is 8.29. The van der Waals surface area contributed by atoms with Gasteiger partial charge in [-0.3, -0.25) is 0 Å². The van der Waals surface area contributed by atoms with Crippen molar-refractivity contribution in [3.63, 3.8) is 0 Å². The second-order valence-corrected chi connectivity index (χ2v) is 3.68. The number of aromatic nitrogens is 2. The Balaban J connectivity index is 2.02. The molecular weight excluding hydrogens is 217 g/mol.